The van der Waals surface area contributed by atoms with Crippen molar-refractivity contribution < 1.29 is 19.1 Å². The summed E-state index contributed by atoms with van der Waals surface area (Å²) in [6.07, 6.45) is 6.40. The van der Waals surface area contributed by atoms with Gasteiger partial charge in [-0.15, -0.1) is 0 Å². The molecule has 2 atom stereocenters. The van der Waals surface area contributed by atoms with Gasteiger partial charge in [-0.05, 0) is 17.2 Å². The second-order valence-electron chi connectivity index (χ2n) is 9.04. The molecule has 0 amide bonds. The van der Waals surface area contributed by atoms with Crippen molar-refractivity contribution in [1.29, 1.82) is 0 Å². The summed E-state index contributed by atoms with van der Waals surface area (Å²) in [4.78, 5) is 22.0. The number of carbonyl (C=O) groups excluding carboxylic acids is 1. The SMILES string of the molecule is C[N@+]1(CCc2ncccn2)CCCC1COC(=O)C1(O)c2ccccc2-c2ccccc21. The fraction of sp³-hybridized carbons (Fsp3) is 0.346. The minimum atomic E-state index is -1.77. The van der Waals surface area contributed by atoms with E-state index in [1.807, 2.05) is 54.6 Å². The molecule has 164 valence electrons. The number of aliphatic hydroxyl groups is 1. The maximum absolute atomic E-state index is 13.3. The number of hydrogen-bond acceptors (Lipinski definition) is 5. The first-order chi connectivity index (χ1) is 15.5. The monoisotopic (exact) mass is 430 g/mol. The van der Waals surface area contributed by atoms with Crippen molar-refractivity contribution >= 4 is 5.97 Å². The summed E-state index contributed by atoms with van der Waals surface area (Å²) in [6.45, 7) is 2.21. The van der Waals surface area contributed by atoms with Gasteiger partial charge >= 0.3 is 5.97 Å². The summed E-state index contributed by atoms with van der Waals surface area (Å²) in [5, 5.41) is 11.6. The number of likely N-dealkylation sites (tertiary alicyclic amines) is 1. The number of aromatic nitrogens is 2. The van der Waals surface area contributed by atoms with Crippen LogP contribution >= 0.6 is 0 Å². The second-order valence-corrected chi connectivity index (χ2v) is 9.04. The number of carbonyl (C=O) groups is 1. The van der Waals surface area contributed by atoms with E-state index in [0.717, 1.165) is 53.8 Å². The Kier molecular flexibility index (Phi) is 5.27. The first-order valence-electron chi connectivity index (χ1n) is 11.2. The molecule has 1 saturated heterocycles. The Balaban J connectivity index is 1.32. The average Bonchev–Trinajstić information content (AvgIpc) is 3.33. The molecule has 2 heterocycles. The number of esters is 1. The Morgan fingerprint density at radius 3 is 2.34 bits per heavy atom. The van der Waals surface area contributed by atoms with Crippen LogP contribution in [0.1, 0.15) is 29.8 Å². The van der Waals surface area contributed by atoms with Crippen LogP contribution in [-0.2, 0) is 21.6 Å². The second kappa shape index (κ2) is 8.11. The normalized spacial score (nSPS) is 22.9. The number of likely N-dealkylation sites (N-methyl/N-ethyl adjacent to an activating group) is 1. The Labute approximate surface area is 188 Å². The molecule has 5 rings (SSSR count). The Bertz CT molecular complexity index is 1090. The third-order valence-electron chi connectivity index (χ3n) is 7.18. The van der Waals surface area contributed by atoms with Crippen LogP contribution in [0.5, 0.6) is 0 Å². The molecule has 32 heavy (non-hydrogen) atoms. The number of benzene rings is 2. The summed E-state index contributed by atoms with van der Waals surface area (Å²) >= 11 is 0. The Morgan fingerprint density at radius 2 is 1.69 bits per heavy atom. The van der Waals surface area contributed by atoms with E-state index in [1.54, 1.807) is 12.4 Å². The lowest BCUT2D eigenvalue weighted by atomic mass is 9.91. The molecule has 3 aromatic rings. The highest BCUT2D eigenvalue weighted by molar-refractivity contribution is 5.96. The fourth-order valence-corrected chi connectivity index (χ4v) is 5.26. The Hall–Kier alpha value is -3.09. The van der Waals surface area contributed by atoms with Gasteiger partial charge in [0.25, 0.3) is 0 Å². The zero-order chi connectivity index (χ0) is 22.2. The van der Waals surface area contributed by atoms with Crippen molar-refractivity contribution in [2.45, 2.75) is 30.9 Å². The van der Waals surface area contributed by atoms with Crippen LogP contribution in [0.4, 0.5) is 0 Å². The number of hydrogen-bond donors (Lipinski definition) is 1. The zero-order valence-corrected chi connectivity index (χ0v) is 18.3. The number of nitrogens with zero attached hydrogens (tertiary/aromatic N) is 3. The van der Waals surface area contributed by atoms with Gasteiger partial charge in [-0.3, -0.25) is 0 Å². The molecule has 2 aliphatic rings. The van der Waals surface area contributed by atoms with Gasteiger partial charge < -0.3 is 14.3 Å². The van der Waals surface area contributed by atoms with Crippen molar-refractivity contribution in [3.8, 4) is 11.1 Å². The van der Waals surface area contributed by atoms with Gasteiger partial charge in [0.15, 0.2) is 0 Å². The van der Waals surface area contributed by atoms with Crippen LogP contribution in [0.25, 0.3) is 11.1 Å². The molecule has 0 bridgehead atoms. The summed E-state index contributed by atoms with van der Waals surface area (Å²) in [7, 11) is 2.21. The maximum atomic E-state index is 13.3. The zero-order valence-electron chi connectivity index (χ0n) is 18.3. The van der Waals surface area contributed by atoms with Crippen molar-refractivity contribution in [1.82, 2.24) is 9.97 Å². The lowest BCUT2D eigenvalue weighted by Crippen LogP contribution is -2.52. The summed E-state index contributed by atoms with van der Waals surface area (Å²) in [5.41, 5.74) is 1.18. The van der Waals surface area contributed by atoms with Gasteiger partial charge in [-0.25, -0.2) is 14.8 Å². The van der Waals surface area contributed by atoms with Crippen molar-refractivity contribution in [3.05, 3.63) is 83.9 Å². The van der Waals surface area contributed by atoms with E-state index < -0.39 is 11.6 Å². The van der Waals surface area contributed by atoms with Crippen LogP contribution in [0, 0.1) is 0 Å². The highest BCUT2D eigenvalue weighted by atomic mass is 16.6. The van der Waals surface area contributed by atoms with Gasteiger partial charge in [0.1, 0.15) is 18.5 Å². The summed E-state index contributed by atoms with van der Waals surface area (Å²) in [5.74, 6) is 0.239. The highest BCUT2D eigenvalue weighted by Gasteiger charge is 2.50. The molecule has 1 unspecified atom stereocenters. The van der Waals surface area contributed by atoms with Crippen LogP contribution in [0.2, 0.25) is 0 Å². The van der Waals surface area contributed by atoms with Crippen molar-refractivity contribution in [2.24, 2.45) is 0 Å². The first-order valence-corrected chi connectivity index (χ1v) is 11.2. The van der Waals surface area contributed by atoms with E-state index in [1.165, 1.54) is 0 Å². The summed E-state index contributed by atoms with van der Waals surface area (Å²) < 4.78 is 6.65. The van der Waals surface area contributed by atoms with Crippen LogP contribution in [0.3, 0.4) is 0 Å². The van der Waals surface area contributed by atoms with Crippen molar-refractivity contribution in [3.63, 3.8) is 0 Å². The first kappa shape index (κ1) is 20.8. The van der Waals surface area contributed by atoms with Crippen molar-refractivity contribution in [2.75, 3.05) is 26.7 Å². The molecule has 1 aliphatic carbocycles. The van der Waals surface area contributed by atoms with E-state index in [0.29, 0.717) is 11.1 Å². The topological polar surface area (TPSA) is 72.3 Å². The quantitative estimate of drug-likeness (QED) is 0.481. The molecule has 0 saturated carbocycles. The molecule has 0 spiro atoms. The molecule has 1 N–H and O–H groups in total. The van der Waals surface area contributed by atoms with Gasteiger partial charge in [-0.2, -0.15) is 0 Å². The predicted molar refractivity (Wildman–Crippen MR) is 121 cm³/mol. The number of fused-ring (bicyclic) bond motifs is 3. The molecule has 1 fully saturated rings. The predicted octanol–water partition coefficient (Wildman–Crippen LogP) is 3.09. The minimum Gasteiger partial charge on any atom is -0.457 e. The molecule has 6 nitrogen and oxygen atoms in total. The molecule has 0 radical (unpaired) electrons. The Morgan fingerprint density at radius 1 is 1.06 bits per heavy atom. The largest absolute Gasteiger partial charge is 0.457 e. The van der Waals surface area contributed by atoms with Crippen LogP contribution in [-0.4, -0.2) is 58.3 Å². The molecule has 2 aromatic carbocycles. The number of quaternary nitrogens is 1. The van der Waals surface area contributed by atoms with E-state index in [-0.39, 0.29) is 12.6 Å². The standard InChI is InChI=1S/C26H28N3O3/c1-29(17-13-24-27-14-7-15-28-24)16-6-8-19(29)18-32-25(30)26(31)22-11-4-2-9-20(22)21-10-3-5-12-23(21)26/h2-5,7,9-12,14-15,19,31H,6,8,13,16-18H2,1H3/q+1/t19?,29-/m1/s1. The van der Waals surface area contributed by atoms with E-state index in [9.17, 15) is 9.90 Å². The fourth-order valence-electron chi connectivity index (χ4n) is 5.26. The van der Waals surface area contributed by atoms with Gasteiger partial charge in [0.2, 0.25) is 5.60 Å². The molecule has 1 aliphatic heterocycles. The average molecular weight is 431 g/mol. The maximum Gasteiger partial charge on any atom is 0.347 e. The van der Waals surface area contributed by atoms with E-state index in [2.05, 4.69) is 17.0 Å². The van der Waals surface area contributed by atoms with E-state index in [4.69, 9.17) is 4.74 Å². The molecule has 6 heteroatoms. The summed E-state index contributed by atoms with van der Waals surface area (Å²) in [6, 6.07) is 17.1. The third-order valence-corrected chi connectivity index (χ3v) is 7.18. The highest BCUT2D eigenvalue weighted by Crippen LogP contribution is 2.48. The minimum absolute atomic E-state index is 0.193. The molecular formula is C26H28N3O3+. The van der Waals surface area contributed by atoms with Crippen LogP contribution < -0.4 is 0 Å². The smallest absolute Gasteiger partial charge is 0.347 e. The molecule has 1 aromatic heterocycles. The molecular weight excluding hydrogens is 402 g/mol. The number of ether oxygens (including phenoxy) is 1. The van der Waals surface area contributed by atoms with Crippen LogP contribution in [0.15, 0.2) is 67.0 Å². The van der Waals surface area contributed by atoms with Gasteiger partial charge in [0.05, 0.1) is 26.6 Å². The van der Waals surface area contributed by atoms with E-state index >= 15 is 0 Å². The lowest BCUT2D eigenvalue weighted by molar-refractivity contribution is -0.921. The number of rotatable bonds is 6. The van der Waals surface area contributed by atoms with Gasteiger partial charge in [-0.1, -0.05) is 48.5 Å². The lowest BCUT2D eigenvalue weighted by Gasteiger charge is -2.36. The third kappa shape index (κ3) is 3.40. The van der Waals surface area contributed by atoms with Gasteiger partial charge in [0, 0.05) is 36.4 Å².